The Balaban J connectivity index is 1.70. The minimum Gasteiger partial charge on any atom is -0.268 e. The van der Waals surface area contributed by atoms with Gasteiger partial charge in [-0.3, -0.25) is 9.36 Å². The summed E-state index contributed by atoms with van der Waals surface area (Å²) < 4.78 is 30.4. The first-order valence-electron chi connectivity index (χ1n) is 11.3. The van der Waals surface area contributed by atoms with Crippen LogP contribution in [0.3, 0.4) is 0 Å². The van der Waals surface area contributed by atoms with Crippen LogP contribution in [-0.2, 0) is 10.0 Å². The summed E-state index contributed by atoms with van der Waals surface area (Å²) in [6, 6.07) is 26.6. The smallest absolute Gasteiger partial charge is 0.266 e. The van der Waals surface area contributed by atoms with Crippen LogP contribution < -0.4 is 5.56 Å². The normalized spacial score (nSPS) is 12.9. The molecular formula is C28H25N3O3S. The van der Waals surface area contributed by atoms with Crippen molar-refractivity contribution < 1.29 is 8.42 Å². The average Bonchev–Trinajstić information content (AvgIpc) is 2.88. The number of para-hydroxylation sites is 1. The minimum absolute atomic E-state index is 0.218. The van der Waals surface area contributed by atoms with Gasteiger partial charge in [-0.15, -0.1) is 0 Å². The molecule has 0 fully saturated rings. The van der Waals surface area contributed by atoms with Crippen molar-refractivity contribution in [3.63, 3.8) is 0 Å². The number of hydrogen-bond acceptors (Lipinski definition) is 4. The Morgan fingerprint density at radius 2 is 1.46 bits per heavy atom. The molecule has 1 aromatic heterocycles. The molecule has 0 aliphatic rings. The van der Waals surface area contributed by atoms with Crippen molar-refractivity contribution in [2.45, 2.75) is 24.8 Å². The van der Waals surface area contributed by atoms with Gasteiger partial charge >= 0.3 is 0 Å². The first-order valence-corrected chi connectivity index (χ1v) is 12.8. The van der Waals surface area contributed by atoms with Crippen molar-refractivity contribution in [1.29, 1.82) is 0 Å². The Morgan fingerprint density at radius 1 is 0.829 bits per heavy atom. The van der Waals surface area contributed by atoms with Crippen LogP contribution in [-0.4, -0.2) is 29.3 Å². The number of sulfonamides is 1. The first kappa shape index (κ1) is 23.0. The van der Waals surface area contributed by atoms with Gasteiger partial charge < -0.3 is 0 Å². The summed E-state index contributed by atoms with van der Waals surface area (Å²) in [5.41, 5.74) is 1.98. The van der Waals surface area contributed by atoms with Gasteiger partial charge in [-0.05, 0) is 49.6 Å². The maximum Gasteiger partial charge on any atom is 0.266 e. The molecular weight excluding hydrogens is 458 g/mol. The molecule has 1 unspecified atom stereocenters. The van der Waals surface area contributed by atoms with Crippen LogP contribution in [0.4, 0.5) is 0 Å². The quantitative estimate of drug-likeness (QED) is 0.343. The molecule has 5 rings (SSSR count). The molecule has 0 aliphatic carbocycles. The molecule has 1 heterocycles. The summed E-state index contributed by atoms with van der Waals surface area (Å²) in [5.74, 6) is 0.351. The largest absolute Gasteiger partial charge is 0.268 e. The van der Waals surface area contributed by atoms with E-state index in [4.69, 9.17) is 4.98 Å². The number of fused-ring (bicyclic) bond motifs is 2. The minimum atomic E-state index is -3.91. The lowest BCUT2D eigenvalue weighted by Gasteiger charge is -2.27. The summed E-state index contributed by atoms with van der Waals surface area (Å²) in [6.07, 6.45) is 0. The summed E-state index contributed by atoms with van der Waals surface area (Å²) in [6.45, 7) is 3.73. The molecule has 0 aliphatic heterocycles. The second-order valence-corrected chi connectivity index (χ2v) is 10.6. The lowest BCUT2D eigenvalue weighted by Crippen LogP contribution is -2.35. The monoisotopic (exact) mass is 483 g/mol. The van der Waals surface area contributed by atoms with Crippen molar-refractivity contribution in [1.82, 2.24) is 13.9 Å². The van der Waals surface area contributed by atoms with E-state index in [1.54, 1.807) is 43.3 Å². The molecule has 35 heavy (non-hydrogen) atoms. The highest BCUT2D eigenvalue weighted by molar-refractivity contribution is 7.89. The molecule has 1 atom stereocenters. The van der Waals surface area contributed by atoms with Gasteiger partial charge in [0.05, 0.1) is 27.5 Å². The van der Waals surface area contributed by atoms with Crippen LogP contribution in [0.25, 0.3) is 27.4 Å². The number of benzene rings is 4. The molecule has 7 heteroatoms. The van der Waals surface area contributed by atoms with Crippen LogP contribution in [0, 0.1) is 6.92 Å². The molecule has 0 radical (unpaired) electrons. The van der Waals surface area contributed by atoms with Crippen LogP contribution >= 0.6 is 0 Å². The zero-order chi connectivity index (χ0) is 24.7. The Bertz CT molecular complexity index is 1720. The van der Waals surface area contributed by atoms with Crippen molar-refractivity contribution in [2.75, 3.05) is 7.05 Å². The van der Waals surface area contributed by atoms with E-state index >= 15 is 0 Å². The Kier molecular flexibility index (Phi) is 5.75. The van der Waals surface area contributed by atoms with Gasteiger partial charge in [0.1, 0.15) is 5.82 Å². The van der Waals surface area contributed by atoms with Gasteiger partial charge in [0, 0.05) is 12.4 Å². The van der Waals surface area contributed by atoms with E-state index in [1.165, 1.54) is 15.9 Å². The summed E-state index contributed by atoms with van der Waals surface area (Å²) in [4.78, 5) is 18.6. The molecule has 0 saturated heterocycles. The zero-order valence-electron chi connectivity index (χ0n) is 19.7. The van der Waals surface area contributed by atoms with E-state index in [-0.39, 0.29) is 10.5 Å². The predicted octanol–water partition coefficient (Wildman–Crippen LogP) is 5.23. The third kappa shape index (κ3) is 3.92. The fourth-order valence-electron chi connectivity index (χ4n) is 4.32. The third-order valence-corrected chi connectivity index (χ3v) is 8.41. The van der Waals surface area contributed by atoms with Gasteiger partial charge in [-0.2, -0.15) is 4.31 Å². The summed E-state index contributed by atoms with van der Waals surface area (Å²) >= 11 is 0. The predicted molar refractivity (Wildman–Crippen MR) is 139 cm³/mol. The van der Waals surface area contributed by atoms with Crippen molar-refractivity contribution >= 4 is 31.7 Å². The Labute approximate surface area is 204 Å². The molecule has 6 nitrogen and oxygen atoms in total. The number of rotatable bonds is 5. The van der Waals surface area contributed by atoms with Gasteiger partial charge in [0.2, 0.25) is 10.0 Å². The third-order valence-electron chi connectivity index (χ3n) is 6.42. The van der Waals surface area contributed by atoms with Gasteiger partial charge in [-0.25, -0.2) is 13.4 Å². The van der Waals surface area contributed by atoms with Gasteiger partial charge in [0.15, 0.2) is 0 Å². The second-order valence-electron chi connectivity index (χ2n) is 8.64. The maximum atomic E-state index is 13.8. The SMILES string of the molecule is Cc1ccc(-n2c(C(C)N(C)S(=O)(=O)c3cccc4ccccc34)nc3ccccc3c2=O)cc1. The van der Waals surface area contributed by atoms with E-state index in [0.29, 0.717) is 27.8 Å². The number of aromatic nitrogens is 2. The maximum absolute atomic E-state index is 13.8. The van der Waals surface area contributed by atoms with E-state index in [9.17, 15) is 13.2 Å². The zero-order valence-corrected chi connectivity index (χ0v) is 20.5. The van der Waals surface area contributed by atoms with Gasteiger partial charge in [-0.1, -0.05) is 66.2 Å². The van der Waals surface area contributed by atoms with Crippen LogP contribution in [0.15, 0.2) is 101 Å². The molecule has 0 saturated carbocycles. The molecule has 176 valence electrons. The highest BCUT2D eigenvalue weighted by Crippen LogP contribution is 2.30. The molecule has 0 amide bonds. The van der Waals surface area contributed by atoms with E-state index in [1.807, 2.05) is 61.5 Å². The van der Waals surface area contributed by atoms with Crippen molar-refractivity contribution in [3.8, 4) is 5.69 Å². The topological polar surface area (TPSA) is 72.3 Å². The molecule has 4 aromatic carbocycles. The average molecular weight is 484 g/mol. The van der Waals surface area contributed by atoms with Crippen LogP contribution in [0.5, 0.6) is 0 Å². The van der Waals surface area contributed by atoms with Crippen LogP contribution in [0.1, 0.15) is 24.4 Å². The molecule has 0 spiro atoms. The Morgan fingerprint density at radius 3 is 2.20 bits per heavy atom. The number of hydrogen-bond donors (Lipinski definition) is 0. The second kappa shape index (κ2) is 8.76. The fraction of sp³-hybridized carbons (Fsp3) is 0.143. The van der Waals surface area contributed by atoms with E-state index < -0.39 is 16.1 Å². The lowest BCUT2D eigenvalue weighted by atomic mass is 10.1. The van der Waals surface area contributed by atoms with Gasteiger partial charge in [0.25, 0.3) is 5.56 Å². The molecule has 0 bridgehead atoms. The number of aryl methyl sites for hydroxylation is 1. The lowest BCUT2D eigenvalue weighted by molar-refractivity contribution is 0.379. The standard InChI is InChI=1S/C28H25N3O3S/c1-19-15-17-22(18-16-19)31-27(29-25-13-7-6-12-24(25)28(31)32)20(2)30(3)35(33,34)26-14-8-10-21-9-4-5-11-23(21)26/h4-18,20H,1-3H3. The van der Waals surface area contributed by atoms with E-state index in [0.717, 1.165) is 10.9 Å². The molecule has 5 aromatic rings. The molecule has 0 N–H and O–H groups in total. The number of nitrogens with zero attached hydrogens (tertiary/aromatic N) is 3. The highest BCUT2D eigenvalue weighted by atomic mass is 32.2. The van der Waals surface area contributed by atoms with Crippen molar-refractivity contribution in [3.05, 3.63) is 113 Å². The van der Waals surface area contributed by atoms with Crippen LogP contribution in [0.2, 0.25) is 0 Å². The Hall–Kier alpha value is -3.81. The van der Waals surface area contributed by atoms with E-state index in [2.05, 4.69) is 0 Å². The first-order chi connectivity index (χ1) is 16.8. The van der Waals surface area contributed by atoms with Crippen molar-refractivity contribution in [2.24, 2.45) is 0 Å². The highest BCUT2D eigenvalue weighted by Gasteiger charge is 2.31. The summed E-state index contributed by atoms with van der Waals surface area (Å²) in [5, 5.41) is 1.97. The fourth-order valence-corrected chi connectivity index (χ4v) is 5.86. The summed E-state index contributed by atoms with van der Waals surface area (Å²) in [7, 11) is -2.38.